The number of nitrogens with one attached hydrogen (secondary N) is 2. The van der Waals surface area contributed by atoms with Crippen molar-refractivity contribution in [1.29, 1.82) is 0 Å². The molecule has 3 aromatic carbocycles. The van der Waals surface area contributed by atoms with Gasteiger partial charge in [0.2, 0.25) is 0 Å². The molecule has 0 bridgehead atoms. The first-order valence-electron chi connectivity index (χ1n) is 9.70. The Balaban J connectivity index is 1.55. The maximum absolute atomic E-state index is 12.4. The lowest BCUT2D eigenvalue weighted by molar-refractivity contribution is -0.384. The highest BCUT2D eigenvalue weighted by molar-refractivity contribution is 6.10. The quantitative estimate of drug-likeness (QED) is 0.260. The lowest BCUT2D eigenvalue weighted by Gasteiger charge is -2.09. The monoisotopic (exact) mass is 463 g/mol. The van der Waals surface area contributed by atoms with Crippen LogP contribution in [-0.4, -0.2) is 40.4 Å². The summed E-state index contributed by atoms with van der Waals surface area (Å²) in [5.41, 5.74) is 0.224. The standard InChI is InChI=1S/C23H17N3O8/c27-20(24-16-4-3-5-17(12-16)26(32)33)13-34-23(31)14-8-10-15(11-9-14)25-21(28)18-6-1-2-7-19(18)22(29)30/h1-12H,13H2,(H,24,27)(H,25,28)(H,29,30). The summed E-state index contributed by atoms with van der Waals surface area (Å²) in [5.74, 6) is -3.36. The third-order valence-electron chi connectivity index (χ3n) is 4.46. The molecule has 0 aromatic heterocycles. The van der Waals surface area contributed by atoms with Gasteiger partial charge in [0.25, 0.3) is 17.5 Å². The first-order valence-corrected chi connectivity index (χ1v) is 9.70. The molecular formula is C23H17N3O8. The summed E-state index contributed by atoms with van der Waals surface area (Å²) in [6, 6.07) is 16.6. The van der Waals surface area contributed by atoms with Gasteiger partial charge in [-0.05, 0) is 42.5 Å². The van der Waals surface area contributed by atoms with Crippen LogP contribution in [0.1, 0.15) is 31.1 Å². The fraction of sp³-hybridized carbons (Fsp3) is 0.0435. The number of carboxylic acids is 1. The summed E-state index contributed by atoms with van der Waals surface area (Å²) in [7, 11) is 0. The van der Waals surface area contributed by atoms with E-state index >= 15 is 0 Å². The van der Waals surface area contributed by atoms with Crippen LogP contribution < -0.4 is 10.6 Å². The molecule has 0 heterocycles. The zero-order chi connectivity index (χ0) is 24.7. The maximum atomic E-state index is 12.4. The van der Waals surface area contributed by atoms with E-state index in [1.807, 2.05) is 0 Å². The van der Waals surface area contributed by atoms with Gasteiger partial charge in [-0.1, -0.05) is 18.2 Å². The van der Waals surface area contributed by atoms with Crippen molar-refractivity contribution in [2.24, 2.45) is 0 Å². The molecule has 11 nitrogen and oxygen atoms in total. The first kappa shape index (κ1) is 23.6. The molecule has 0 atom stereocenters. The Morgan fingerprint density at radius 3 is 2.18 bits per heavy atom. The molecule has 3 rings (SSSR count). The van der Waals surface area contributed by atoms with Crippen molar-refractivity contribution in [3.8, 4) is 0 Å². The predicted octanol–water partition coefficient (Wildman–Crippen LogP) is 3.34. The van der Waals surface area contributed by atoms with E-state index in [1.54, 1.807) is 0 Å². The molecule has 0 aliphatic rings. The van der Waals surface area contributed by atoms with Crippen LogP contribution in [0.4, 0.5) is 17.1 Å². The van der Waals surface area contributed by atoms with Gasteiger partial charge in [0.05, 0.1) is 21.6 Å². The van der Waals surface area contributed by atoms with E-state index in [9.17, 15) is 34.4 Å². The number of nitro groups is 1. The molecular weight excluding hydrogens is 446 g/mol. The second-order valence-corrected chi connectivity index (χ2v) is 6.81. The van der Waals surface area contributed by atoms with Crippen molar-refractivity contribution in [1.82, 2.24) is 0 Å². The Morgan fingerprint density at radius 1 is 0.853 bits per heavy atom. The summed E-state index contributed by atoms with van der Waals surface area (Å²) in [5, 5.41) is 24.9. The van der Waals surface area contributed by atoms with Gasteiger partial charge in [-0.15, -0.1) is 0 Å². The molecule has 0 aliphatic carbocycles. The minimum Gasteiger partial charge on any atom is -0.478 e. The molecule has 0 fully saturated rings. The molecule has 0 spiro atoms. The van der Waals surface area contributed by atoms with Crippen LogP contribution in [0.2, 0.25) is 0 Å². The van der Waals surface area contributed by atoms with Crippen LogP contribution in [0.25, 0.3) is 0 Å². The number of benzene rings is 3. The Kier molecular flexibility index (Phi) is 7.29. The van der Waals surface area contributed by atoms with Crippen LogP contribution in [0.5, 0.6) is 0 Å². The zero-order valence-electron chi connectivity index (χ0n) is 17.4. The minimum absolute atomic E-state index is 0.0201. The number of nitrogens with zero attached hydrogens (tertiary/aromatic N) is 1. The zero-order valence-corrected chi connectivity index (χ0v) is 17.4. The summed E-state index contributed by atoms with van der Waals surface area (Å²) in [6.07, 6.45) is 0. The second-order valence-electron chi connectivity index (χ2n) is 6.81. The molecule has 3 N–H and O–H groups in total. The topological polar surface area (TPSA) is 165 Å². The number of rotatable bonds is 8. The van der Waals surface area contributed by atoms with Crippen molar-refractivity contribution in [2.75, 3.05) is 17.2 Å². The smallest absolute Gasteiger partial charge is 0.338 e. The fourth-order valence-electron chi connectivity index (χ4n) is 2.86. The highest BCUT2D eigenvalue weighted by Crippen LogP contribution is 2.17. The number of carbonyl (C=O) groups is 4. The van der Waals surface area contributed by atoms with Gasteiger partial charge in [-0.3, -0.25) is 19.7 Å². The molecule has 2 amide bonds. The van der Waals surface area contributed by atoms with Crippen LogP contribution >= 0.6 is 0 Å². The Bertz CT molecular complexity index is 1270. The number of amides is 2. The molecule has 0 saturated heterocycles. The Hall–Kier alpha value is -5.06. The molecule has 0 aliphatic heterocycles. The highest BCUT2D eigenvalue weighted by atomic mass is 16.6. The van der Waals surface area contributed by atoms with E-state index in [2.05, 4.69) is 10.6 Å². The maximum Gasteiger partial charge on any atom is 0.338 e. The van der Waals surface area contributed by atoms with E-state index in [4.69, 9.17) is 4.74 Å². The van der Waals surface area contributed by atoms with Crippen LogP contribution in [0.3, 0.4) is 0 Å². The van der Waals surface area contributed by atoms with E-state index < -0.39 is 35.3 Å². The van der Waals surface area contributed by atoms with Gasteiger partial charge in [0.1, 0.15) is 0 Å². The lowest BCUT2D eigenvalue weighted by atomic mass is 10.1. The molecule has 11 heteroatoms. The van der Waals surface area contributed by atoms with Gasteiger partial charge < -0.3 is 20.5 Å². The average molecular weight is 463 g/mol. The highest BCUT2D eigenvalue weighted by Gasteiger charge is 2.16. The van der Waals surface area contributed by atoms with Gasteiger partial charge in [-0.25, -0.2) is 9.59 Å². The van der Waals surface area contributed by atoms with Crippen LogP contribution in [0.15, 0.2) is 72.8 Å². The number of anilines is 2. The number of hydrogen-bond donors (Lipinski definition) is 3. The largest absolute Gasteiger partial charge is 0.478 e. The average Bonchev–Trinajstić information content (AvgIpc) is 2.83. The molecule has 0 unspecified atom stereocenters. The van der Waals surface area contributed by atoms with E-state index in [1.165, 1.54) is 72.8 Å². The second kappa shape index (κ2) is 10.5. The molecule has 34 heavy (non-hydrogen) atoms. The first-order chi connectivity index (χ1) is 16.2. The number of carboxylic acid groups (broad SMARTS) is 1. The third kappa shape index (κ3) is 6.01. The number of hydrogen-bond acceptors (Lipinski definition) is 7. The summed E-state index contributed by atoms with van der Waals surface area (Å²) >= 11 is 0. The lowest BCUT2D eigenvalue weighted by Crippen LogP contribution is -2.21. The van der Waals surface area contributed by atoms with Gasteiger partial charge in [0, 0.05) is 23.5 Å². The number of aromatic carboxylic acids is 1. The summed E-state index contributed by atoms with van der Waals surface area (Å²) < 4.78 is 4.93. The van der Waals surface area contributed by atoms with Crippen LogP contribution in [0, 0.1) is 10.1 Å². The molecule has 0 radical (unpaired) electrons. The summed E-state index contributed by atoms with van der Waals surface area (Å²) in [4.78, 5) is 58.0. The van der Waals surface area contributed by atoms with Gasteiger partial charge in [0.15, 0.2) is 6.61 Å². The molecule has 172 valence electrons. The van der Waals surface area contributed by atoms with Crippen molar-refractivity contribution in [2.45, 2.75) is 0 Å². The van der Waals surface area contributed by atoms with Crippen molar-refractivity contribution < 1.29 is 33.9 Å². The van der Waals surface area contributed by atoms with Gasteiger partial charge in [-0.2, -0.15) is 0 Å². The number of ether oxygens (including phenoxy) is 1. The van der Waals surface area contributed by atoms with Crippen molar-refractivity contribution >= 4 is 40.8 Å². The number of non-ortho nitro benzene ring substituents is 1. The third-order valence-corrected chi connectivity index (χ3v) is 4.46. The summed E-state index contributed by atoms with van der Waals surface area (Å²) in [6.45, 7) is -0.619. The predicted molar refractivity (Wildman–Crippen MR) is 120 cm³/mol. The molecule has 0 saturated carbocycles. The molecule has 3 aromatic rings. The normalized spacial score (nSPS) is 10.1. The van der Waals surface area contributed by atoms with Crippen LogP contribution in [-0.2, 0) is 9.53 Å². The van der Waals surface area contributed by atoms with E-state index in [0.717, 1.165) is 0 Å². The van der Waals surface area contributed by atoms with E-state index in [-0.39, 0.29) is 28.1 Å². The Labute approximate surface area is 192 Å². The SMILES string of the molecule is O=C(COC(=O)c1ccc(NC(=O)c2ccccc2C(=O)O)cc1)Nc1cccc([N+](=O)[O-])c1. The van der Waals surface area contributed by atoms with Crippen molar-refractivity contribution in [3.05, 3.63) is 99.6 Å². The number of carbonyl (C=O) groups excluding carboxylic acids is 3. The fourth-order valence-corrected chi connectivity index (χ4v) is 2.86. The number of nitro benzene ring substituents is 1. The van der Waals surface area contributed by atoms with E-state index in [0.29, 0.717) is 5.69 Å². The van der Waals surface area contributed by atoms with Gasteiger partial charge >= 0.3 is 11.9 Å². The minimum atomic E-state index is -1.24. The Morgan fingerprint density at radius 2 is 1.53 bits per heavy atom. The number of esters is 1. The van der Waals surface area contributed by atoms with Crippen molar-refractivity contribution in [3.63, 3.8) is 0 Å².